The molecule has 0 aliphatic carbocycles. The van der Waals surface area contributed by atoms with Gasteiger partial charge in [-0.3, -0.25) is 9.59 Å². The highest BCUT2D eigenvalue weighted by Gasteiger charge is 2.19. The minimum atomic E-state index is -1.15. The first kappa shape index (κ1) is 13.7. The Morgan fingerprint density at radius 1 is 1.59 bits per heavy atom. The summed E-state index contributed by atoms with van der Waals surface area (Å²) in [6.07, 6.45) is -0.170. The number of rotatable bonds is 5. The number of aryl methyl sites for hydroxylation is 1. The maximum Gasteiger partial charge on any atom is 0.321 e. The number of carbonyl (C=O) groups is 2. The van der Waals surface area contributed by atoms with Crippen molar-refractivity contribution in [3.05, 3.63) is 21.9 Å². The molecule has 1 aromatic heterocycles. The summed E-state index contributed by atoms with van der Waals surface area (Å²) in [5, 5.41) is 10.6. The summed E-state index contributed by atoms with van der Waals surface area (Å²) in [6, 6.07) is 0.857. The molecule has 0 spiro atoms. The van der Waals surface area contributed by atoms with Gasteiger partial charge in [-0.2, -0.15) is 0 Å². The SMILES string of the molecule is Cc1ccsc1CN(C)C(=O)CC(N)C(=O)O. The fraction of sp³-hybridized carbons (Fsp3) is 0.455. The number of aliphatic carboxylic acids is 1. The first-order valence-electron chi connectivity index (χ1n) is 5.17. The Labute approximate surface area is 104 Å². The summed E-state index contributed by atoms with van der Waals surface area (Å²) in [6.45, 7) is 2.47. The van der Waals surface area contributed by atoms with Crippen molar-refractivity contribution in [3.63, 3.8) is 0 Å². The Hall–Kier alpha value is -1.40. The van der Waals surface area contributed by atoms with Gasteiger partial charge in [0.05, 0.1) is 13.0 Å². The summed E-state index contributed by atoms with van der Waals surface area (Å²) in [7, 11) is 1.65. The summed E-state index contributed by atoms with van der Waals surface area (Å²) >= 11 is 1.58. The number of hydrogen-bond acceptors (Lipinski definition) is 4. The summed E-state index contributed by atoms with van der Waals surface area (Å²) in [5.41, 5.74) is 6.45. The van der Waals surface area contributed by atoms with Crippen molar-refractivity contribution in [2.24, 2.45) is 5.73 Å². The van der Waals surface area contributed by atoms with E-state index >= 15 is 0 Å². The number of nitrogens with zero attached hydrogens (tertiary/aromatic N) is 1. The van der Waals surface area contributed by atoms with Crippen molar-refractivity contribution in [2.75, 3.05) is 7.05 Å². The van der Waals surface area contributed by atoms with Crippen molar-refractivity contribution >= 4 is 23.2 Å². The van der Waals surface area contributed by atoms with Crippen LogP contribution in [-0.4, -0.2) is 35.0 Å². The zero-order valence-corrected chi connectivity index (χ0v) is 10.7. The fourth-order valence-electron chi connectivity index (χ4n) is 1.30. The molecule has 1 amide bonds. The van der Waals surface area contributed by atoms with Crippen LogP contribution in [0.1, 0.15) is 16.9 Å². The Bertz CT molecular complexity index is 417. The molecule has 1 unspecified atom stereocenters. The largest absolute Gasteiger partial charge is 0.480 e. The molecule has 0 saturated carbocycles. The third-order valence-electron chi connectivity index (χ3n) is 2.49. The van der Waals surface area contributed by atoms with Crippen LogP contribution in [0.3, 0.4) is 0 Å². The van der Waals surface area contributed by atoms with Crippen molar-refractivity contribution in [1.29, 1.82) is 0 Å². The molecule has 0 aromatic carbocycles. The topological polar surface area (TPSA) is 83.6 Å². The molecule has 0 aliphatic heterocycles. The van der Waals surface area contributed by atoms with Crippen LogP contribution in [-0.2, 0) is 16.1 Å². The smallest absolute Gasteiger partial charge is 0.321 e. The number of carboxylic acid groups (broad SMARTS) is 1. The first-order valence-corrected chi connectivity index (χ1v) is 6.05. The standard InChI is InChI=1S/C11H16N2O3S/c1-7-3-4-17-9(7)6-13(2)10(14)5-8(12)11(15)16/h3-4,8H,5-6,12H2,1-2H3,(H,15,16). The average Bonchev–Trinajstić information content (AvgIpc) is 2.64. The molecule has 1 atom stereocenters. The van der Waals surface area contributed by atoms with E-state index in [4.69, 9.17) is 10.8 Å². The van der Waals surface area contributed by atoms with Gasteiger partial charge in [0.2, 0.25) is 5.91 Å². The molecule has 0 bridgehead atoms. The molecule has 6 heteroatoms. The quantitative estimate of drug-likeness (QED) is 0.817. The minimum absolute atomic E-state index is 0.170. The van der Waals surface area contributed by atoms with Gasteiger partial charge in [-0.25, -0.2) is 0 Å². The number of carbonyl (C=O) groups excluding carboxylic acids is 1. The van der Waals surface area contributed by atoms with Gasteiger partial charge < -0.3 is 15.7 Å². The number of hydrogen-bond donors (Lipinski definition) is 2. The first-order chi connectivity index (χ1) is 7.91. The van der Waals surface area contributed by atoms with Crippen LogP contribution in [0.4, 0.5) is 0 Å². The second-order valence-corrected chi connectivity index (χ2v) is 4.93. The molecular weight excluding hydrogens is 240 g/mol. The van der Waals surface area contributed by atoms with E-state index in [1.165, 1.54) is 4.90 Å². The Kier molecular flexibility index (Phi) is 4.65. The highest BCUT2D eigenvalue weighted by Crippen LogP contribution is 2.17. The van der Waals surface area contributed by atoms with Crippen LogP contribution in [0, 0.1) is 6.92 Å². The molecule has 5 nitrogen and oxygen atoms in total. The van der Waals surface area contributed by atoms with E-state index < -0.39 is 12.0 Å². The maximum absolute atomic E-state index is 11.7. The van der Waals surface area contributed by atoms with Crippen LogP contribution in [0.2, 0.25) is 0 Å². The predicted molar refractivity (Wildman–Crippen MR) is 65.8 cm³/mol. The van der Waals surface area contributed by atoms with E-state index in [2.05, 4.69) is 0 Å². The molecule has 0 fully saturated rings. The summed E-state index contributed by atoms with van der Waals surface area (Å²) < 4.78 is 0. The molecule has 1 heterocycles. The van der Waals surface area contributed by atoms with Crippen LogP contribution < -0.4 is 5.73 Å². The highest BCUT2D eigenvalue weighted by molar-refractivity contribution is 7.10. The van der Waals surface area contributed by atoms with Gasteiger partial charge in [0.1, 0.15) is 6.04 Å². The van der Waals surface area contributed by atoms with E-state index in [0.29, 0.717) is 6.54 Å². The van der Waals surface area contributed by atoms with E-state index in [1.807, 2.05) is 18.4 Å². The van der Waals surface area contributed by atoms with Crippen LogP contribution >= 0.6 is 11.3 Å². The Morgan fingerprint density at radius 2 is 2.24 bits per heavy atom. The number of nitrogens with two attached hydrogens (primary N) is 1. The lowest BCUT2D eigenvalue weighted by Gasteiger charge is -2.18. The van der Waals surface area contributed by atoms with E-state index in [9.17, 15) is 9.59 Å². The number of thiophene rings is 1. The zero-order chi connectivity index (χ0) is 13.0. The predicted octanol–water partition coefficient (Wildman–Crippen LogP) is 0.817. The Morgan fingerprint density at radius 3 is 2.71 bits per heavy atom. The normalized spacial score (nSPS) is 12.2. The fourth-order valence-corrected chi connectivity index (χ4v) is 2.26. The van der Waals surface area contributed by atoms with Gasteiger partial charge in [0.15, 0.2) is 0 Å². The lowest BCUT2D eigenvalue weighted by molar-refractivity contribution is -0.142. The van der Waals surface area contributed by atoms with E-state index in [-0.39, 0.29) is 12.3 Å². The van der Waals surface area contributed by atoms with Crippen LogP contribution in [0.5, 0.6) is 0 Å². The summed E-state index contributed by atoms with van der Waals surface area (Å²) in [5.74, 6) is -1.41. The molecule has 94 valence electrons. The lowest BCUT2D eigenvalue weighted by Crippen LogP contribution is -2.37. The van der Waals surface area contributed by atoms with Gasteiger partial charge in [0.25, 0.3) is 0 Å². The van der Waals surface area contributed by atoms with Gasteiger partial charge >= 0.3 is 5.97 Å². The monoisotopic (exact) mass is 256 g/mol. The molecule has 0 aliphatic rings. The Balaban J connectivity index is 2.53. The van der Waals surface area contributed by atoms with E-state index in [0.717, 1.165) is 10.4 Å². The van der Waals surface area contributed by atoms with Crippen LogP contribution in [0.25, 0.3) is 0 Å². The van der Waals surface area contributed by atoms with Gasteiger partial charge in [-0.05, 0) is 23.9 Å². The lowest BCUT2D eigenvalue weighted by atomic mass is 10.2. The summed E-state index contributed by atoms with van der Waals surface area (Å²) in [4.78, 5) is 24.8. The van der Waals surface area contributed by atoms with Crippen molar-refractivity contribution in [1.82, 2.24) is 4.90 Å². The highest BCUT2D eigenvalue weighted by atomic mass is 32.1. The van der Waals surface area contributed by atoms with Crippen molar-refractivity contribution < 1.29 is 14.7 Å². The number of carboxylic acids is 1. The average molecular weight is 256 g/mol. The van der Waals surface area contributed by atoms with Gasteiger partial charge in [-0.1, -0.05) is 0 Å². The second-order valence-electron chi connectivity index (χ2n) is 3.93. The maximum atomic E-state index is 11.7. The van der Waals surface area contributed by atoms with Gasteiger partial charge in [0, 0.05) is 11.9 Å². The zero-order valence-electron chi connectivity index (χ0n) is 9.84. The van der Waals surface area contributed by atoms with Crippen molar-refractivity contribution in [3.8, 4) is 0 Å². The minimum Gasteiger partial charge on any atom is -0.480 e. The van der Waals surface area contributed by atoms with Crippen molar-refractivity contribution in [2.45, 2.75) is 25.9 Å². The van der Waals surface area contributed by atoms with Gasteiger partial charge in [-0.15, -0.1) is 11.3 Å². The second kappa shape index (κ2) is 5.79. The molecular formula is C11H16N2O3S. The molecule has 0 radical (unpaired) electrons. The van der Waals surface area contributed by atoms with Crippen LogP contribution in [0.15, 0.2) is 11.4 Å². The molecule has 1 rings (SSSR count). The molecule has 0 saturated heterocycles. The third-order valence-corrected chi connectivity index (χ3v) is 3.49. The van der Waals surface area contributed by atoms with E-state index in [1.54, 1.807) is 18.4 Å². The third kappa shape index (κ3) is 3.83. The number of amides is 1. The molecule has 17 heavy (non-hydrogen) atoms. The molecule has 3 N–H and O–H groups in total. The molecule has 1 aromatic rings.